The summed E-state index contributed by atoms with van der Waals surface area (Å²) in [5, 5.41) is 12.6. The van der Waals surface area contributed by atoms with Gasteiger partial charge in [-0.3, -0.25) is 0 Å². The zero-order valence-electron chi connectivity index (χ0n) is 8.91. The summed E-state index contributed by atoms with van der Waals surface area (Å²) in [7, 11) is 1.68. The van der Waals surface area contributed by atoms with E-state index >= 15 is 0 Å². The Hall–Kier alpha value is -0.870. The highest BCUT2D eigenvalue weighted by atomic mass is 16.5. The van der Waals surface area contributed by atoms with Gasteiger partial charge in [0.15, 0.2) is 0 Å². The van der Waals surface area contributed by atoms with Crippen molar-refractivity contribution in [1.29, 1.82) is 0 Å². The van der Waals surface area contributed by atoms with Gasteiger partial charge in [-0.25, -0.2) is 0 Å². The normalized spacial score (nSPS) is 12.0. The summed E-state index contributed by atoms with van der Waals surface area (Å²) >= 11 is 0. The Morgan fingerprint density at radius 1 is 1.57 bits per heavy atom. The molecule has 0 amide bonds. The molecule has 1 aromatic heterocycles. The largest absolute Gasteiger partial charge is 0.396 e. The molecule has 0 aliphatic heterocycles. The highest BCUT2D eigenvalue weighted by Gasteiger charge is 2.19. The van der Waals surface area contributed by atoms with Crippen molar-refractivity contribution < 1.29 is 14.4 Å². The van der Waals surface area contributed by atoms with Crippen LogP contribution in [0.2, 0.25) is 0 Å². The van der Waals surface area contributed by atoms with Crippen LogP contribution in [-0.2, 0) is 17.6 Å². The van der Waals surface area contributed by atoms with Gasteiger partial charge in [-0.2, -0.15) is 0 Å². The molecule has 1 N–H and O–H groups in total. The highest BCUT2D eigenvalue weighted by Crippen LogP contribution is 2.16. The van der Waals surface area contributed by atoms with Gasteiger partial charge < -0.3 is 14.4 Å². The smallest absolute Gasteiger partial charge is 0.139 e. The lowest BCUT2D eigenvalue weighted by molar-refractivity contribution is 0.0218. The summed E-state index contributed by atoms with van der Waals surface area (Å²) in [4.78, 5) is 0. The predicted octanol–water partition coefficient (Wildman–Crippen LogP) is 1.18. The quantitative estimate of drug-likeness (QED) is 0.773. The van der Waals surface area contributed by atoms with Crippen LogP contribution in [0, 0.1) is 0 Å². The average molecular weight is 199 g/mol. The third-order valence-corrected chi connectivity index (χ3v) is 2.13. The van der Waals surface area contributed by atoms with Crippen LogP contribution in [0.1, 0.15) is 25.3 Å². The third kappa shape index (κ3) is 3.12. The number of nitrogens with zero attached hydrogens (tertiary/aromatic N) is 1. The second kappa shape index (κ2) is 4.57. The van der Waals surface area contributed by atoms with Crippen molar-refractivity contribution in [3.63, 3.8) is 0 Å². The number of aromatic nitrogens is 1. The molecule has 0 unspecified atom stereocenters. The monoisotopic (exact) mass is 199 g/mol. The molecule has 0 saturated carbocycles. The van der Waals surface area contributed by atoms with E-state index in [-0.39, 0.29) is 12.2 Å². The van der Waals surface area contributed by atoms with E-state index in [0.717, 1.165) is 11.5 Å². The van der Waals surface area contributed by atoms with E-state index in [0.29, 0.717) is 12.8 Å². The minimum atomic E-state index is -0.229. The Balaban J connectivity index is 2.59. The zero-order chi connectivity index (χ0) is 10.6. The van der Waals surface area contributed by atoms with E-state index in [4.69, 9.17) is 14.4 Å². The van der Waals surface area contributed by atoms with Crippen LogP contribution in [0.3, 0.4) is 0 Å². The lowest BCUT2D eigenvalue weighted by Gasteiger charge is -2.20. The number of aliphatic hydroxyl groups excluding tert-OH is 1. The summed E-state index contributed by atoms with van der Waals surface area (Å²) in [6.07, 6.45) is 1.22. The van der Waals surface area contributed by atoms with Crippen molar-refractivity contribution in [3.8, 4) is 0 Å². The summed E-state index contributed by atoms with van der Waals surface area (Å²) in [5.41, 5.74) is 0.633. The minimum absolute atomic E-state index is 0.0856. The molecule has 1 rings (SSSR count). The number of methoxy groups -OCH3 is 1. The van der Waals surface area contributed by atoms with Crippen molar-refractivity contribution >= 4 is 0 Å². The number of rotatable bonds is 5. The average Bonchev–Trinajstić information content (AvgIpc) is 2.53. The Morgan fingerprint density at radius 3 is 2.86 bits per heavy atom. The van der Waals surface area contributed by atoms with Gasteiger partial charge in [0.25, 0.3) is 0 Å². The summed E-state index contributed by atoms with van der Waals surface area (Å²) in [5.74, 6) is 0.717. The molecule has 0 atom stereocenters. The Labute approximate surface area is 83.9 Å². The van der Waals surface area contributed by atoms with E-state index < -0.39 is 0 Å². The first kappa shape index (κ1) is 11.2. The van der Waals surface area contributed by atoms with Crippen molar-refractivity contribution in [1.82, 2.24) is 5.16 Å². The highest BCUT2D eigenvalue weighted by molar-refractivity contribution is 5.08. The molecule has 4 nitrogen and oxygen atoms in total. The lowest BCUT2D eigenvalue weighted by Crippen LogP contribution is -2.25. The maximum absolute atomic E-state index is 8.70. The van der Waals surface area contributed by atoms with Crippen molar-refractivity contribution in [2.45, 2.75) is 32.3 Å². The van der Waals surface area contributed by atoms with Crippen LogP contribution in [-0.4, -0.2) is 29.6 Å². The summed E-state index contributed by atoms with van der Waals surface area (Å²) < 4.78 is 10.3. The van der Waals surface area contributed by atoms with E-state index in [1.165, 1.54) is 0 Å². The lowest BCUT2D eigenvalue weighted by atomic mass is 10.0. The van der Waals surface area contributed by atoms with Crippen LogP contribution >= 0.6 is 0 Å². The first-order chi connectivity index (χ1) is 6.57. The van der Waals surface area contributed by atoms with E-state index in [2.05, 4.69) is 5.16 Å². The molecule has 0 aliphatic rings. The molecule has 1 heterocycles. The first-order valence-electron chi connectivity index (χ1n) is 4.68. The summed E-state index contributed by atoms with van der Waals surface area (Å²) in [6, 6.07) is 1.86. The Bertz CT molecular complexity index is 281. The molecule has 4 heteroatoms. The molecule has 14 heavy (non-hydrogen) atoms. The molecule has 0 radical (unpaired) electrons. The fraction of sp³-hybridized carbons (Fsp3) is 0.700. The predicted molar refractivity (Wildman–Crippen MR) is 52.1 cm³/mol. The second-order valence-electron chi connectivity index (χ2n) is 3.90. The number of ether oxygens (including phenoxy) is 1. The van der Waals surface area contributed by atoms with Crippen LogP contribution in [0.4, 0.5) is 0 Å². The van der Waals surface area contributed by atoms with E-state index in [9.17, 15) is 0 Å². The fourth-order valence-corrected chi connectivity index (χ4v) is 1.18. The fourth-order valence-electron chi connectivity index (χ4n) is 1.18. The number of hydrogen-bond donors (Lipinski definition) is 1. The van der Waals surface area contributed by atoms with Gasteiger partial charge in [0, 0.05) is 26.0 Å². The summed E-state index contributed by atoms with van der Waals surface area (Å²) in [6.45, 7) is 4.07. The number of aliphatic hydroxyl groups is 1. The molecular formula is C10H17NO3. The molecule has 80 valence electrons. The maximum atomic E-state index is 8.70. The van der Waals surface area contributed by atoms with Crippen LogP contribution in [0.5, 0.6) is 0 Å². The molecule has 1 aromatic rings. The minimum Gasteiger partial charge on any atom is -0.396 e. The van der Waals surface area contributed by atoms with Crippen molar-refractivity contribution in [2.24, 2.45) is 0 Å². The van der Waals surface area contributed by atoms with Crippen LogP contribution in [0.15, 0.2) is 10.6 Å². The van der Waals surface area contributed by atoms with Gasteiger partial charge in [-0.1, -0.05) is 5.16 Å². The SMILES string of the molecule is COC(C)(C)Cc1cc(CCO)on1. The van der Waals surface area contributed by atoms with Crippen molar-refractivity contribution in [2.75, 3.05) is 13.7 Å². The molecular weight excluding hydrogens is 182 g/mol. The molecule has 0 aliphatic carbocycles. The molecule has 0 bridgehead atoms. The van der Waals surface area contributed by atoms with Gasteiger partial charge in [0.2, 0.25) is 0 Å². The zero-order valence-corrected chi connectivity index (χ0v) is 8.91. The standard InChI is InChI=1S/C10H17NO3/c1-10(2,13-3)7-8-6-9(4-5-12)14-11-8/h6,12H,4-5,7H2,1-3H3. The first-order valence-corrected chi connectivity index (χ1v) is 4.68. The molecule has 0 spiro atoms. The van der Waals surface area contributed by atoms with Gasteiger partial charge in [-0.15, -0.1) is 0 Å². The molecule has 0 saturated heterocycles. The molecule has 0 aromatic carbocycles. The van der Waals surface area contributed by atoms with Crippen LogP contribution < -0.4 is 0 Å². The molecule has 0 fully saturated rings. The third-order valence-electron chi connectivity index (χ3n) is 2.13. The Kier molecular flexibility index (Phi) is 3.66. The van der Waals surface area contributed by atoms with Gasteiger partial charge in [-0.05, 0) is 13.8 Å². The topological polar surface area (TPSA) is 55.5 Å². The van der Waals surface area contributed by atoms with Gasteiger partial charge >= 0.3 is 0 Å². The Morgan fingerprint density at radius 2 is 2.29 bits per heavy atom. The van der Waals surface area contributed by atoms with Gasteiger partial charge in [0.05, 0.1) is 17.9 Å². The number of hydrogen-bond acceptors (Lipinski definition) is 4. The van der Waals surface area contributed by atoms with E-state index in [1.807, 2.05) is 19.9 Å². The second-order valence-corrected chi connectivity index (χ2v) is 3.90. The van der Waals surface area contributed by atoms with E-state index in [1.54, 1.807) is 7.11 Å². The maximum Gasteiger partial charge on any atom is 0.139 e. The van der Waals surface area contributed by atoms with Crippen molar-refractivity contribution in [3.05, 3.63) is 17.5 Å². The van der Waals surface area contributed by atoms with Gasteiger partial charge in [0.1, 0.15) is 5.76 Å². The van der Waals surface area contributed by atoms with Crippen LogP contribution in [0.25, 0.3) is 0 Å².